The number of carbonyl (C=O) groups is 2. The second-order valence-corrected chi connectivity index (χ2v) is 8.03. The largest absolute Gasteiger partial charge is 0.416 e. The first-order valence-corrected chi connectivity index (χ1v) is 9.98. The molecule has 1 atom stereocenters. The number of alkyl halides is 3. The van der Waals surface area contributed by atoms with Crippen LogP contribution in [0, 0.1) is 12.8 Å². The average molecular weight is 469 g/mol. The molecule has 0 spiro atoms. The first-order chi connectivity index (χ1) is 13.6. The van der Waals surface area contributed by atoms with Crippen molar-refractivity contribution in [2.75, 3.05) is 18.4 Å². The average Bonchev–Trinajstić information content (AvgIpc) is 2.69. The molecule has 1 aliphatic rings. The van der Waals surface area contributed by atoms with Gasteiger partial charge in [-0.2, -0.15) is 13.2 Å². The van der Waals surface area contributed by atoms with E-state index >= 15 is 0 Å². The van der Waals surface area contributed by atoms with E-state index in [0.717, 1.165) is 22.2 Å². The quantitative estimate of drug-likeness (QED) is 0.667. The molecule has 1 aliphatic heterocycles. The van der Waals surface area contributed by atoms with Gasteiger partial charge in [0.2, 0.25) is 5.91 Å². The van der Waals surface area contributed by atoms with Gasteiger partial charge in [-0.15, -0.1) is 0 Å². The zero-order valence-electron chi connectivity index (χ0n) is 15.7. The van der Waals surface area contributed by atoms with Gasteiger partial charge >= 0.3 is 6.18 Å². The Labute approximate surface area is 175 Å². The third-order valence-corrected chi connectivity index (χ3v) is 5.46. The molecule has 1 saturated heterocycles. The van der Waals surface area contributed by atoms with Gasteiger partial charge in [-0.1, -0.05) is 22.0 Å². The molecule has 2 aromatic rings. The van der Waals surface area contributed by atoms with E-state index in [1.807, 2.05) is 19.1 Å². The summed E-state index contributed by atoms with van der Waals surface area (Å²) in [5.41, 5.74) is 0.713. The number of aryl methyl sites for hydroxylation is 1. The number of likely N-dealkylation sites (tertiary alicyclic amines) is 1. The lowest BCUT2D eigenvalue weighted by molar-refractivity contribution is -0.137. The monoisotopic (exact) mass is 468 g/mol. The Morgan fingerprint density at radius 3 is 2.62 bits per heavy atom. The van der Waals surface area contributed by atoms with Crippen LogP contribution in [0.2, 0.25) is 0 Å². The van der Waals surface area contributed by atoms with Crippen molar-refractivity contribution in [1.82, 2.24) is 4.90 Å². The van der Waals surface area contributed by atoms with Crippen molar-refractivity contribution in [2.45, 2.75) is 25.9 Å². The minimum atomic E-state index is -4.51. The smallest absolute Gasteiger partial charge is 0.338 e. The van der Waals surface area contributed by atoms with Crippen LogP contribution in [0.4, 0.5) is 18.9 Å². The molecule has 2 aromatic carbocycles. The van der Waals surface area contributed by atoms with Gasteiger partial charge in [-0.25, -0.2) is 0 Å². The van der Waals surface area contributed by atoms with Crippen LogP contribution >= 0.6 is 15.9 Å². The summed E-state index contributed by atoms with van der Waals surface area (Å²) in [6.07, 6.45) is -3.28. The van der Waals surface area contributed by atoms with Crippen LogP contribution in [0.25, 0.3) is 0 Å². The van der Waals surface area contributed by atoms with E-state index in [0.29, 0.717) is 25.1 Å². The molecule has 1 unspecified atom stereocenters. The van der Waals surface area contributed by atoms with Crippen LogP contribution in [0.15, 0.2) is 46.9 Å². The highest BCUT2D eigenvalue weighted by Crippen LogP contribution is 2.30. The molecule has 3 rings (SSSR count). The molecule has 8 heteroatoms. The highest BCUT2D eigenvalue weighted by molar-refractivity contribution is 9.10. The predicted octanol–water partition coefficient (Wildman–Crippen LogP) is 5.27. The first-order valence-electron chi connectivity index (χ1n) is 9.18. The summed E-state index contributed by atoms with van der Waals surface area (Å²) in [4.78, 5) is 26.9. The molecule has 1 fully saturated rings. The van der Waals surface area contributed by atoms with Gasteiger partial charge < -0.3 is 10.2 Å². The van der Waals surface area contributed by atoms with Gasteiger partial charge in [0.1, 0.15) is 0 Å². The van der Waals surface area contributed by atoms with E-state index < -0.39 is 23.6 Å². The standard InChI is InChI=1S/C21H20BrF3N2O2/c1-13-10-17(22)7-8-18(13)26-19(28)15-5-3-9-27(12-15)20(29)14-4-2-6-16(11-14)21(23,24)25/h2,4,6-8,10-11,15H,3,5,9,12H2,1H3,(H,26,28). The van der Waals surface area contributed by atoms with Crippen LogP contribution < -0.4 is 5.32 Å². The van der Waals surface area contributed by atoms with Gasteiger partial charge in [0.15, 0.2) is 0 Å². The number of carbonyl (C=O) groups excluding carboxylic acids is 2. The Bertz CT molecular complexity index is 930. The maximum atomic E-state index is 12.9. The lowest BCUT2D eigenvalue weighted by atomic mass is 9.96. The summed E-state index contributed by atoms with van der Waals surface area (Å²) in [7, 11) is 0. The van der Waals surface area contributed by atoms with Gasteiger partial charge in [0, 0.05) is 28.8 Å². The van der Waals surface area contributed by atoms with E-state index in [1.165, 1.54) is 17.0 Å². The normalized spacial score (nSPS) is 17.1. The van der Waals surface area contributed by atoms with Crippen molar-refractivity contribution < 1.29 is 22.8 Å². The van der Waals surface area contributed by atoms with Gasteiger partial charge in [0.25, 0.3) is 5.91 Å². The van der Waals surface area contributed by atoms with Crippen LogP contribution in [0.5, 0.6) is 0 Å². The summed E-state index contributed by atoms with van der Waals surface area (Å²) in [5, 5.41) is 2.89. The highest BCUT2D eigenvalue weighted by Gasteiger charge is 2.33. The summed E-state index contributed by atoms with van der Waals surface area (Å²) in [5.74, 6) is -1.10. The number of anilines is 1. The van der Waals surface area contributed by atoms with E-state index in [-0.39, 0.29) is 18.0 Å². The fraction of sp³-hybridized carbons (Fsp3) is 0.333. The van der Waals surface area contributed by atoms with Gasteiger partial charge in [-0.3, -0.25) is 9.59 Å². The van der Waals surface area contributed by atoms with Crippen molar-refractivity contribution >= 4 is 33.4 Å². The second-order valence-electron chi connectivity index (χ2n) is 7.12. The van der Waals surface area contributed by atoms with Crippen LogP contribution in [-0.4, -0.2) is 29.8 Å². The maximum Gasteiger partial charge on any atom is 0.416 e. The zero-order chi connectivity index (χ0) is 21.2. The molecule has 1 N–H and O–H groups in total. The molecule has 0 aliphatic carbocycles. The number of amides is 2. The molecule has 0 aromatic heterocycles. The van der Waals surface area contributed by atoms with Crippen LogP contribution in [-0.2, 0) is 11.0 Å². The van der Waals surface area contributed by atoms with Crippen molar-refractivity contribution in [3.8, 4) is 0 Å². The molecule has 2 amide bonds. The fourth-order valence-corrected chi connectivity index (χ4v) is 3.86. The third-order valence-electron chi connectivity index (χ3n) is 4.96. The number of hydrogen-bond acceptors (Lipinski definition) is 2. The Morgan fingerprint density at radius 2 is 1.93 bits per heavy atom. The molecular weight excluding hydrogens is 449 g/mol. The van der Waals surface area contributed by atoms with E-state index in [2.05, 4.69) is 21.2 Å². The topological polar surface area (TPSA) is 49.4 Å². The number of nitrogens with one attached hydrogen (secondary N) is 1. The van der Waals surface area contributed by atoms with Crippen LogP contribution in [0.1, 0.15) is 34.3 Å². The number of hydrogen-bond donors (Lipinski definition) is 1. The summed E-state index contributed by atoms with van der Waals surface area (Å²) >= 11 is 3.38. The van der Waals surface area contributed by atoms with E-state index in [4.69, 9.17) is 0 Å². The Kier molecular flexibility index (Phi) is 6.31. The molecule has 29 heavy (non-hydrogen) atoms. The summed E-state index contributed by atoms with van der Waals surface area (Å²) in [6.45, 7) is 2.47. The molecule has 0 radical (unpaired) electrons. The lowest BCUT2D eigenvalue weighted by Gasteiger charge is -2.32. The Hall–Kier alpha value is -2.35. The summed E-state index contributed by atoms with van der Waals surface area (Å²) < 4.78 is 39.7. The minimum Gasteiger partial charge on any atom is -0.338 e. The molecule has 4 nitrogen and oxygen atoms in total. The summed E-state index contributed by atoms with van der Waals surface area (Å²) in [6, 6.07) is 9.90. The molecule has 0 saturated carbocycles. The van der Waals surface area contributed by atoms with Crippen molar-refractivity contribution in [2.24, 2.45) is 5.92 Å². The van der Waals surface area contributed by atoms with Gasteiger partial charge in [0.05, 0.1) is 11.5 Å². The number of rotatable bonds is 3. The van der Waals surface area contributed by atoms with E-state index in [1.54, 1.807) is 6.07 Å². The molecule has 154 valence electrons. The number of halogens is 4. The second kappa shape index (κ2) is 8.57. The highest BCUT2D eigenvalue weighted by atomic mass is 79.9. The SMILES string of the molecule is Cc1cc(Br)ccc1NC(=O)C1CCCN(C(=O)c2cccc(C(F)(F)F)c2)C1. The Balaban J connectivity index is 1.70. The zero-order valence-corrected chi connectivity index (χ0v) is 17.3. The molecule has 0 bridgehead atoms. The predicted molar refractivity (Wildman–Crippen MR) is 108 cm³/mol. The Morgan fingerprint density at radius 1 is 1.17 bits per heavy atom. The van der Waals surface area contributed by atoms with Gasteiger partial charge in [-0.05, 0) is 61.7 Å². The van der Waals surface area contributed by atoms with Crippen molar-refractivity contribution in [3.63, 3.8) is 0 Å². The maximum absolute atomic E-state index is 12.9. The van der Waals surface area contributed by atoms with Crippen molar-refractivity contribution in [3.05, 3.63) is 63.6 Å². The minimum absolute atomic E-state index is 0.0235. The number of nitrogens with zero attached hydrogens (tertiary/aromatic N) is 1. The third kappa shape index (κ3) is 5.18. The molecule has 1 heterocycles. The fourth-order valence-electron chi connectivity index (χ4n) is 3.39. The molecular formula is C21H20BrF3N2O2. The van der Waals surface area contributed by atoms with Crippen LogP contribution in [0.3, 0.4) is 0 Å². The van der Waals surface area contributed by atoms with Crippen molar-refractivity contribution in [1.29, 1.82) is 0 Å². The number of piperidine rings is 1. The first kappa shape index (κ1) is 21.4. The van der Waals surface area contributed by atoms with E-state index in [9.17, 15) is 22.8 Å². The number of benzene rings is 2. The lowest BCUT2D eigenvalue weighted by Crippen LogP contribution is -2.43.